The van der Waals surface area contributed by atoms with Crippen LogP contribution < -0.4 is 16.0 Å². The number of aryl methyl sites for hydroxylation is 1. The Bertz CT molecular complexity index is 807. The molecule has 0 atom stereocenters. The van der Waals surface area contributed by atoms with Gasteiger partial charge in [-0.15, -0.1) is 0 Å². The Morgan fingerprint density at radius 1 is 1.27 bits per heavy atom. The predicted octanol–water partition coefficient (Wildman–Crippen LogP) is 2.74. The van der Waals surface area contributed by atoms with Crippen molar-refractivity contribution in [2.45, 2.75) is 12.8 Å². The number of hydrogen-bond donors (Lipinski definition) is 2. The molecule has 0 saturated carbocycles. The van der Waals surface area contributed by atoms with Crippen LogP contribution in [0.15, 0.2) is 36.4 Å². The van der Waals surface area contributed by atoms with Crippen molar-refractivity contribution in [1.29, 1.82) is 0 Å². The van der Waals surface area contributed by atoms with Crippen molar-refractivity contribution in [3.05, 3.63) is 63.5 Å². The zero-order valence-corrected chi connectivity index (χ0v) is 14.7. The number of nitrogens with zero attached hydrogens (tertiary/aromatic N) is 2. The quantitative estimate of drug-likeness (QED) is 0.342. The van der Waals surface area contributed by atoms with Crippen molar-refractivity contribution in [2.24, 2.45) is 0 Å². The van der Waals surface area contributed by atoms with E-state index in [4.69, 9.17) is 5.73 Å². The standard InChI is InChI=1S/C18H21FN4O3/c1-22(2)14-7-5-12(6-8-14)4-3-9-21-18(24)15-10-13(19)11-16(17(15)20)23(25)26/h5-8,10-11H,3-4,9,20H2,1-2H3,(H,21,24). The van der Waals surface area contributed by atoms with E-state index < -0.39 is 22.3 Å². The number of nitrogens with two attached hydrogens (primary N) is 1. The Morgan fingerprint density at radius 2 is 1.92 bits per heavy atom. The van der Waals surface area contributed by atoms with E-state index in [2.05, 4.69) is 5.32 Å². The van der Waals surface area contributed by atoms with Crippen LogP contribution in [0.5, 0.6) is 0 Å². The monoisotopic (exact) mass is 360 g/mol. The number of carbonyl (C=O) groups excluding carboxylic acids is 1. The highest BCUT2D eigenvalue weighted by Gasteiger charge is 2.21. The van der Waals surface area contributed by atoms with E-state index in [9.17, 15) is 19.3 Å². The molecule has 0 heterocycles. The molecule has 8 heteroatoms. The van der Waals surface area contributed by atoms with Crippen LogP contribution in [-0.2, 0) is 6.42 Å². The molecule has 2 aromatic rings. The molecule has 0 aromatic heterocycles. The minimum atomic E-state index is -0.878. The molecule has 0 spiro atoms. The summed E-state index contributed by atoms with van der Waals surface area (Å²) in [5.74, 6) is -1.51. The molecule has 0 aliphatic carbocycles. The third-order valence-corrected chi connectivity index (χ3v) is 3.94. The summed E-state index contributed by atoms with van der Waals surface area (Å²) >= 11 is 0. The number of benzene rings is 2. The second-order valence-corrected chi connectivity index (χ2v) is 6.06. The molecule has 7 nitrogen and oxygen atoms in total. The van der Waals surface area contributed by atoms with Crippen LogP contribution in [0.4, 0.5) is 21.5 Å². The Balaban J connectivity index is 1.92. The first-order valence-corrected chi connectivity index (χ1v) is 8.07. The average Bonchev–Trinajstić information content (AvgIpc) is 2.60. The van der Waals surface area contributed by atoms with Crippen LogP contribution in [0.3, 0.4) is 0 Å². The van der Waals surface area contributed by atoms with E-state index in [-0.39, 0.29) is 11.3 Å². The molecule has 2 aromatic carbocycles. The second-order valence-electron chi connectivity index (χ2n) is 6.06. The summed E-state index contributed by atoms with van der Waals surface area (Å²) < 4.78 is 13.5. The summed E-state index contributed by atoms with van der Waals surface area (Å²) in [6.45, 7) is 0.345. The summed E-state index contributed by atoms with van der Waals surface area (Å²) in [5, 5.41) is 13.5. The summed E-state index contributed by atoms with van der Waals surface area (Å²) in [4.78, 5) is 24.2. The molecule has 0 aliphatic rings. The number of nitro groups is 1. The lowest BCUT2D eigenvalue weighted by Gasteiger charge is -2.12. The predicted molar refractivity (Wildman–Crippen MR) is 98.9 cm³/mol. The normalized spacial score (nSPS) is 10.4. The number of hydrogen-bond acceptors (Lipinski definition) is 5. The molecular formula is C18H21FN4O3. The summed E-state index contributed by atoms with van der Waals surface area (Å²) in [5.41, 5.74) is 6.66. The van der Waals surface area contributed by atoms with Gasteiger partial charge in [0.25, 0.3) is 11.6 Å². The molecule has 2 rings (SSSR count). The Kier molecular flexibility index (Phi) is 6.11. The van der Waals surface area contributed by atoms with Gasteiger partial charge in [-0.1, -0.05) is 12.1 Å². The van der Waals surface area contributed by atoms with Crippen LogP contribution in [0, 0.1) is 15.9 Å². The first kappa shape index (κ1) is 19.2. The lowest BCUT2D eigenvalue weighted by molar-refractivity contribution is -0.384. The van der Waals surface area contributed by atoms with Crippen LogP contribution in [0.2, 0.25) is 0 Å². The van der Waals surface area contributed by atoms with Crippen LogP contribution in [0.25, 0.3) is 0 Å². The second kappa shape index (κ2) is 8.28. The fourth-order valence-electron chi connectivity index (χ4n) is 2.49. The van der Waals surface area contributed by atoms with Gasteiger partial charge in [0.15, 0.2) is 0 Å². The zero-order valence-electron chi connectivity index (χ0n) is 14.7. The molecule has 0 bridgehead atoms. The van der Waals surface area contributed by atoms with E-state index in [0.29, 0.717) is 19.0 Å². The third-order valence-electron chi connectivity index (χ3n) is 3.94. The maximum Gasteiger partial charge on any atom is 0.295 e. The van der Waals surface area contributed by atoms with Crippen molar-refractivity contribution >= 4 is 23.0 Å². The summed E-state index contributed by atoms with van der Waals surface area (Å²) in [6, 6.07) is 9.66. The van der Waals surface area contributed by atoms with Crippen LogP contribution in [-0.4, -0.2) is 31.5 Å². The summed E-state index contributed by atoms with van der Waals surface area (Å²) in [6.07, 6.45) is 1.43. The molecule has 0 saturated heterocycles. The van der Waals surface area contributed by atoms with Gasteiger partial charge < -0.3 is 16.0 Å². The number of nitro benzene ring substituents is 1. The summed E-state index contributed by atoms with van der Waals surface area (Å²) in [7, 11) is 3.93. The van der Waals surface area contributed by atoms with E-state index >= 15 is 0 Å². The fourth-order valence-corrected chi connectivity index (χ4v) is 2.49. The van der Waals surface area contributed by atoms with Crippen LogP contribution >= 0.6 is 0 Å². The molecule has 0 radical (unpaired) electrons. The number of nitrogen functional groups attached to an aromatic ring is 1. The molecule has 0 unspecified atom stereocenters. The Hall–Kier alpha value is -3.16. The number of anilines is 2. The highest BCUT2D eigenvalue weighted by molar-refractivity contribution is 6.01. The molecular weight excluding hydrogens is 339 g/mol. The molecule has 0 fully saturated rings. The van der Waals surface area contributed by atoms with Crippen molar-refractivity contribution in [3.8, 4) is 0 Å². The number of amides is 1. The van der Waals surface area contributed by atoms with E-state index in [1.54, 1.807) is 0 Å². The highest BCUT2D eigenvalue weighted by Crippen LogP contribution is 2.26. The number of rotatable bonds is 7. The average molecular weight is 360 g/mol. The molecule has 26 heavy (non-hydrogen) atoms. The van der Waals surface area contributed by atoms with Gasteiger partial charge in [0.05, 0.1) is 16.6 Å². The number of halogens is 1. The van der Waals surface area contributed by atoms with Crippen LogP contribution in [0.1, 0.15) is 22.3 Å². The molecule has 1 amide bonds. The van der Waals surface area contributed by atoms with Gasteiger partial charge in [-0.25, -0.2) is 4.39 Å². The van der Waals surface area contributed by atoms with E-state index in [1.165, 1.54) is 0 Å². The SMILES string of the molecule is CN(C)c1ccc(CCCNC(=O)c2cc(F)cc([N+](=O)[O-])c2N)cc1. The van der Waals surface area contributed by atoms with Gasteiger partial charge in [-0.3, -0.25) is 14.9 Å². The highest BCUT2D eigenvalue weighted by atomic mass is 19.1. The molecule has 138 valence electrons. The van der Waals surface area contributed by atoms with Gasteiger partial charge >= 0.3 is 0 Å². The maximum absolute atomic E-state index is 13.5. The minimum Gasteiger partial charge on any atom is -0.393 e. The lowest BCUT2D eigenvalue weighted by Crippen LogP contribution is -2.26. The van der Waals surface area contributed by atoms with Gasteiger partial charge in [0.1, 0.15) is 11.5 Å². The van der Waals surface area contributed by atoms with Gasteiger partial charge in [0, 0.05) is 26.3 Å². The Morgan fingerprint density at radius 3 is 2.50 bits per heavy atom. The van der Waals surface area contributed by atoms with E-state index in [1.807, 2.05) is 43.3 Å². The minimum absolute atomic E-state index is 0.230. The topological polar surface area (TPSA) is 102 Å². The maximum atomic E-state index is 13.5. The van der Waals surface area contributed by atoms with Gasteiger partial charge in [0.2, 0.25) is 0 Å². The zero-order chi connectivity index (χ0) is 19.3. The molecule has 3 N–H and O–H groups in total. The number of carbonyl (C=O) groups is 1. The van der Waals surface area contributed by atoms with Crippen molar-refractivity contribution in [3.63, 3.8) is 0 Å². The van der Waals surface area contributed by atoms with Crippen molar-refractivity contribution in [1.82, 2.24) is 5.32 Å². The van der Waals surface area contributed by atoms with Gasteiger partial charge in [-0.2, -0.15) is 0 Å². The lowest BCUT2D eigenvalue weighted by atomic mass is 10.1. The van der Waals surface area contributed by atoms with E-state index in [0.717, 1.165) is 23.7 Å². The largest absolute Gasteiger partial charge is 0.393 e. The Labute approximate surface area is 150 Å². The first-order valence-electron chi connectivity index (χ1n) is 8.07. The first-order chi connectivity index (χ1) is 12.3. The van der Waals surface area contributed by atoms with Crippen molar-refractivity contribution in [2.75, 3.05) is 31.3 Å². The number of nitrogens with one attached hydrogen (secondary N) is 1. The van der Waals surface area contributed by atoms with Crippen molar-refractivity contribution < 1.29 is 14.1 Å². The van der Waals surface area contributed by atoms with Gasteiger partial charge in [-0.05, 0) is 36.6 Å². The molecule has 0 aliphatic heterocycles. The third kappa shape index (κ3) is 4.69. The smallest absolute Gasteiger partial charge is 0.295 e. The fraction of sp³-hybridized carbons (Fsp3) is 0.278.